The van der Waals surface area contributed by atoms with Gasteiger partial charge in [0.15, 0.2) is 0 Å². The maximum absolute atomic E-state index is 13.1. The molecular weight excluding hydrogens is 251 g/mol. The van der Waals surface area contributed by atoms with Crippen LogP contribution in [0.15, 0.2) is 48.5 Å². The van der Waals surface area contributed by atoms with Crippen LogP contribution in [0.1, 0.15) is 22.7 Å². The minimum absolute atomic E-state index is 0.0332. The second-order valence-corrected chi connectivity index (χ2v) is 5.34. The number of nitrogens with zero attached hydrogens (tertiary/aromatic N) is 1. The first-order valence-corrected chi connectivity index (χ1v) is 6.80. The predicted molar refractivity (Wildman–Crippen MR) is 80.8 cm³/mol. The molecule has 0 saturated carbocycles. The molecule has 0 aliphatic carbocycles. The van der Waals surface area contributed by atoms with Crippen LogP contribution in [0.25, 0.3) is 0 Å². The molecule has 0 aliphatic heterocycles. The zero-order valence-corrected chi connectivity index (χ0v) is 12.0. The van der Waals surface area contributed by atoms with Crippen LogP contribution in [0.4, 0.5) is 4.39 Å². The molecule has 2 nitrogen and oxygen atoms in total. The number of halogens is 1. The Morgan fingerprint density at radius 1 is 1.15 bits per heavy atom. The van der Waals surface area contributed by atoms with Gasteiger partial charge in [0.25, 0.3) is 0 Å². The second-order valence-electron chi connectivity index (χ2n) is 5.34. The average molecular weight is 272 g/mol. The summed E-state index contributed by atoms with van der Waals surface area (Å²) in [6.45, 7) is 3.49. The Morgan fingerprint density at radius 3 is 2.50 bits per heavy atom. The maximum atomic E-state index is 13.1. The summed E-state index contributed by atoms with van der Waals surface area (Å²) in [4.78, 5) is 2.11. The molecule has 0 spiro atoms. The van der Waals surface area contributed by atoms with Gasteiger partial charge in [0.2, 0.25) is 0 Å². The molecule has 0 aliphatic rings. The summed E-state index contributed by atoms with van der Waals surface area (Å²) < 4.78 is 13.1. The van der Waals surface area contributed by atoms with Gasteiger partial charge in [-0.1, -0.05) is 42.0 Å². The molecule has 0 bridgehead atoms. The van der Waals surface area contributed by atoms with Crippen molar-refractivity contribution >= 4 is 0 Å². The molecule has 1 atom stereocenters. The van der Waals surface area contributed by atoms with Crippen molar-refractivity contribution in [3.05, 3.63) is 71.0 Å². The van der Waals surface area contributed by atoms with E-state index < -0.39 is 0 Å². The third kappa shape index (κ3) is 4.15. The molecule has 2 aromatic carbocycles. The van der Waals surface area contributed by atoms with E-state index in [4.69, 9.17) is 5.73 Å². The zero-order chi connectivity index (χ0) is 14.5. The predicted octanol–water partition coefficient (Wildman–Crippen LogP) is 3.27. The van der Waals surface area contributed by atoms with Crippen LogP contribution < -0.4 is 5.73 Å². The summed E-state index contributed by atoms with van der Waals surface area (Å²) in [6.07, 6.45) is 0. The highest BCUT2D eigenvalue weighted by Gasteiger charge is 2.09. The molecule has 0 radical (unpaired) electrons. The number of likely N-dealkylation sites (N-methyl/N-ethyl adjacent to an activating group) is 1. The Labute approximate surface area is 120 Å². The number of benzene rings is 2. The zero-order valence-electron chi connectivity index (χ0n) is 12.0. The van der Waals surface area contributed by atoms with Gasteiger partial charge < -0.3 is 10.6 Å². The lowest BCUT2D eigenvalue weighted by molar-refractivity contribution is 0.305. The van der Waals surface area contributed by atoms with Crippen LogP contribution in [0.3, 0.4) is 0 Å². The van der Waals surface area contributed by atoms with E-state index >= 15 is 0 Å². The van der Waals surface area contributed by atoms with Crippen LogP contribution in [0.5, 0.6) is 0 Å². The highest BCUT2D eigenvalue weighted by Crippen LogP contribution is 2.14. The highest BCUT2D eigenvalue weighted by atomic mass is 19.1. The fourth-order valence-corrected chi connectivity index (χ4v) is 2.27. The van der Waals surface area contributed by atoms with Crippen molar-refractivity contribution in [2.75, 3.05) is 13.6 Å². The lowest BCUT2D eigenvalue weighted by Gasteiger charge is -2.21. The Balaban J connectivity index is 1.93. The van der Waals surface area contributed by atoms with Gasteiger partial charge in [-0.2, -0.15) is 0 Å². The molecule has 2 rings (SSSR count). The number of rotatable bonds is 5. The Morgan fingerprint density at radius 2 is 1.85 bits per heavy atom. The third-order valence-electron chi connectivity index (χ3n) is 3.36. The number of aryl methyl sites for hydroxylation is 1. The van der Waals surface area contributed by atoms with Gasteiger partial charge in [-0.15, -0.1) is 0 Å². The van der Waals surface area contributed by atoms with Crippen molar-refractivity contribution in [2.24, 2.45) is 5.73 Å². The Kier molecular flexibility index (Phi) is 4.88. The summed E-state index contributed by atoms with van der Waals surface area (Å²) in [5, 5.41) is 0. The van der Waals surface area contributed by atoms with E-state index in [1.807, 2.05) is 13.1 Å². The van der Waals surface area contributed by atoms with E-state index in [0.29, 0.717) is 6.54 Å². The number of hydrogen-bond donors (Lipinski definition) is 1. The van der Waals surface area contributed by atoms with Gasteiger partial charge >= 0.3 is 0 Å². The van der Waals surface area contributed by atoms with Crippen molar-refractivity contribution in [2.45, 2.75) is 19.5 Å². The fourth-order valence-electron chi connectivity index (χ4n) is 2.27. The standard InChI is InChI=1S/C17H21FN2/c1-13-6-8-15(9-7-13)17(19)12-20(2)11-14-4-3-5-16(18)10-14/h3-10,17H,11-12,19H2,1-2H3. The summed E-state index contributed by atoms with van der Waals surface area (Å²) in [7, 11) is 2.00. The topological polar surface area (TPSA) is 29.3 Å². The van der Waals surface area contributed by atoms with Crippen molar-refractivity contribution < 1.29 is 4.39 Å². The normalized spacial score (nSPS) is 12.7. The minimum atomic E-state index is -0.196. The van der Waals surface area contributed by atoms with Crippen LogP contribution in [-0.4, -0.2) is 18.5 Å². The lowest BCUT2D eigenvalue weighted by Crippen LogP contribution is -2.28. The van der Waals surface area contributed by atoms with Crippen LogP contribution in [0, 0.1) is 12.7 Å². The van der Waals surface area contributed by atoms with Gasteiger partial charge in [0, 0.05) is 19.1 Å². The lowest BCUT2D eigenvalue weighted by atomic mass is 10.1. The molecule has 2 N–H and O–H groups in total. The van der Waals surface area contributed by atoms with E-state index in [2.05, 4.69) is 36.1 Å². The molecule has 0 amide bonds. The Hall–Kier alpha value is -1.71. The maximum Gasteiger partial charge on any atom is 0.123 e. The third-order valence-corrected chi connectivity index (χ3v) is 3.36. The molecule has 0 aromatic heterocycles. The van der Waals surface area contributed by atoms with Crippen molar-refractivity contribution in [1.82, 2.24) is 4.90 Å². The fraction of sp³-hybridized carbons (Fsp3) is 0.294. The smallest absolute Gasteiger partial charge is 0.123 e. The van der Waals surface area contributed by atoms with E-state index in [-0.39, 0.29) is 11.9 Å². The molecule has 3 heteroatoms. The summed E-state index contributed by atoms with van der Waals surface area (Å²) in [5.41, 5.74) is 9.53. The molecule has 106 valence electrons. The highest BCUT2D eigenvalue weighted by molar-refractivity contribution is 5.24. The van der Waals surface area contributed by atoms with Crippen molar-refractivity contribution in [1.29, 1.82) is 0 Å². The first kappa shape index (κ1) is 14.7. The molecule has 0 fully saturated rings. The summed E-state index contributed by atoms with van der Waals surface area (Å²) in [6, 6.07) is 14.9. The second kappa shape index (κ2) is 6.64. The van der Waals surface area contributed by atoms with Gasteiger partial charge in [-0.3, -0.25) is 0 Å². The van der Waals surface area contributed by atoms with Crippen LogP contribution >= 0.6 is 0 Å². The quantitative estimate of drug-likeness (QED) is 0.905. The largest absolute Gasteiger partial charge is 0.323 e. The van der Waals surface area contributed by atoms with Gasteiger partial charge in [0.05, 0.1) is 0 Å². The van der Waals surface area contributed by atoms with Gasteiger partial charge in [-0.25, -0.2) is 4.39 Å². The van der Waals surface area contributed by atoms with E-state index in [0.717, 1.165) is 17.7 Å². The molecular formula is C17H21FN2. The number of nitrogens with two attached hydrogens (primary N) is 1. The molecule has 2 aromatic rings. The molecule has 1 unspecified atom stereocenters. The van der Waals surface area contributed by atoms with Crippen LogP contribution in [-0.2, 0) is 6.54 Å². The Bertz CT molecular complexity index is 551. The molecule has 0 heterocycles. The van der Waals surface area contributed by atoms with Crippen molar-refractivity contribution in [3.63, 3.8) is 0 Å². The van der Waals surface area contributed by atoms with Crippen LogP contribution in [0.2, 0.25) is 0 Å². The minimum Gasteiger partial charge on any atom is -0.323 e. The number of hydrogen-bond acceptors (Lipinski definition) is 2. The summed E-state index contributed by atoms with van der Waals surface area (Å²) in [5.74, 6) is -0.196. The molecule has 0 saturated heterocycles. The van der Waals surface area contributed by atoms with E-state index in [1.54, 1.807) is 12.1 Å². The van der Waals surface area contributed by atoms with Gasteiger partial charge in [-0.05, 0) is 37.2 Å². The first-order valence-electron chi connectivity index (χ1n) is 6.80. The van der Waals surface area contributed by atoms with E-state index in [9.17, 15) is 4.39 Å². The summed E-state index contributed by atoms with van der Waals surface area (Å²) >= 11 is 0. The first-order chi connectivity index (χ1) is 9.54. The SMILES string of the molecule is Cc1ccc(C(N)CN(C)Cc2cccc(F)c2)cc1. The van der Waals surface area contributed by atoms with Crippen molar-refractivity contribution in [3.8, 4) is 0 Å². The van der Waals surface area contributed by atoms with Gasteiger partial charge in [0.1, 0.15) is 5.82 Å². The van der Waals surface area contributed by atoms with E-state index in [1.165, 1.54) is 11.6 Å². The monoisotopic (exact) mass is 272 g/mol. The molecule has 20 heavy (non-hydrogen) atoms. The average Bonchev–Trinajstić information content (AvgIpc) is 2.39.